The third-order valence-electron chi connectivity index (χ3n) is 5.08. The van der Waals surface area contributed by atoms with E-state index in [1.54, 1.807) is 12.4 Å². The van der Waals surface area contributed by atoms with Crippen molar-refractivity contribution < 1.29 is 0 Å². The van der Waals surface area contributed by atoms with Crippen molar-refractivity contribution >= 4 is 29.1 Å². The molecule has 2 aromatic rings. The van der Waals surface area contributed by atoms with Gasteiger partial charge in [-0.3, -0.25) is 4.68 Å². The summed E-state index contributed by atoms with van der Waals surface area (Å²) in [5, 5.41) is 15.1. The zero-order valence-corrected chi connectivity index (χ0v) is 15.1. The smallest absolute Gasteiger partial charge is 0.229 e. The van der Waals surface area contributed by atoms with Crippen LogP contribution in [0.5, 0.6) is 0 Å². The minimum Gasteiger partial charge on any atom is -0.366 e. The van der Waals surface area contributed by atoms with Crippen LogP contribution >= 0.6 is 11.6 Å². The third kappa shape index (κ3) is 3.72. The van der Waals surface area contributed by atoms with E-state index >= 15 is 0 Å². The Morgan fingerprint density at radius 2 is 2.08 bits per heavy atom. The number of anilines is 3. The molecule has 0 bridgehead atoms. The van der Waals surface area contributed by atoms with Crippen molar-refractivity contribution in [3.8, 4) is 0 Å². The van der Waals surface area contributed by atoms with Gasteiger partial charge in [-0.05, 0) is 44.2 Å². The van der Waals surface area contributed by atoms with Crippen LogP contribution in [-0.2, 0) is 6.54 Å². The lowest BCUT2D eigenvalue weighted by Gasteiger charge is -2.16. The summed E-state index contributed by atoms with van der Waals surface area (Å²) in [7, 11) is 0. The third-order valence-corrected chi connectivity index (χ3v) is 5.36. The Labute approximate surface area is 152 Å². The molecule has 0 radical (unpaired) electrons. The van der Waals surface area contributed by atoms with Gasteiger partial charge < -0.3 is 16.0 Å². The van der Waals surface area contributed by atoms with Gasteiger partial charge in [-0.15, -0.1) is 0 Å². The average Bonchev–Trinajstić information content (AvgIpc) is 3.28. The summed E-state index contributed by atoms with van der Waals surface area (Å²) in [6, 6.07) is 0.435. The SMILES string of the molecule is CCCn1cc(Nc2ncc(Cl)c(NC3CC4CNCC4C3)n2)cn1. The first-order valence-electron chi connectivity index (χ1n) is 9.00. The normalized spacial score (nSPS) is 25.1. The first-order chi connectivity index (χ1) is 12.2. The first-order valence-corrected chi connectivity index (χ1v) is 9.38. The van der Waals surface area contributed by atoms with E-state index < -0.39 is 0 Å². The molecule has 2 aromatic heterocycles. The van der Waals surface area contributed by atoms with Crippen molar-refractivity contribution in [2.75, 3.05) is 23.7 Å². The molecule has 1 saturated carbocycles. The molecule has 3 heterocycles. The van der Waals surface area contributed by atoms with Crippen molar-refractivity contribution in [1.82, 2.24) is 25.1 Å². The Morgan fingerprint density at radius 3 is 2.84 bits per heavy atom. The molecule has 2 unspecified atom stereocenters. The maximum absolute atomic E-state index is 6.30. The van der Waals surface area contributed by atoms with Crippen LogP contribution in [0.15, 0.2) is 18.6 Å². The molecule has 25 heavy (non-hydrogen) atoms. The zero-order valence-electron chi connectivity index (χ0n) is 14.4. The number of fused-ring (bicyclic) bond motifs is 1. The van der Waals surface area contributed by atoms with Crippen molar-refractivity contribution in [3.63, 3.8) is 0 Å². The lowest BCUT2D eigenvalue weighted by molar-refractivity contribution is 0.494. The van der Waals surface area contributed by atoms with E-state index in [4.69, 9.17) is 11.6 Å². The van der Waals surface area contributed by atoms with Gasteiger partial charge in [-0.2, -0.15) is 10.1 Å². The highest BCUT2D eigenvalue weighted by atomic mass is 35.5. The summed E-state index contributed by atoms with van der Waals surface area (Å²) in [4.78, 5) is 8.84. The maximum atomic E-state index is 6.30. The predicted octanol–water partition coefficient (Wildman–Crippen LogP) is 2.89. The molecule has 4 rings (SSSR count). The minimum absolute atomic E-state index is 0.435. The highest BCUT2D eigenvalue weighted by Crippen LogP contribution is 2.36. The van der Waals surface area contributed by atoms with E-state index in [1.807, 2.05) is 10.9 Å². The summed E-state index contributed by atoms with van der Waals surface area (Å²) in [5.74, 6) is 2.79. The van der Waals surface area contributed by atoms with Gasteiger partial charge in [0.15, 0.2) is 5.82 Å². The Bertz CT molecular complexity index is 720. The fourth-order valence-corrected chi connectivity index (χ4v) is 4.06. The van der Waals surface area contributed by atoms with Crippen LogP contribution in [0.4, 0.5) is 17.5 Å². The Balaban J connectivity index is 1.43. The van der Waals surface area contributed by atoms with E-state index in [9.17, 15) is 0 Å². The van der Waals surface area contributed by atoms with Crippen LogP contribution in [0.3, 0.4) is 0 Å². The van der Waals surface area contributed by atoms with Crippen molar-refractivity contribution in [2.45, 2.75) is 38.8 Å². The number of hydrogen-bond acceptors (Lipinski definition) is 6. The Kier molecular flexibility index (Phi) is 4.76. The Morgan fingerprint density at radius 1 is 1.28 bits per heavy atom. The summed E-state index contributed by atoms with van der Waals surface area (Å²) in [6.45, 7) is 5.29. The van der Waals surface area contributed by atoms with E-state index in [-0.39, 0.29) is 0 Å². The van der Waals surface area contributed by atoms with Gasteiger partial charge in [0.2, 0.25) is 5.95 Å². The van der Waals surface area contributed by atoms with Crippen LogP contribution in [0.2, 0.25) is 5.02 Å². The molecule has 2 atom stereocenters. The fraction of sp³-hybridized carbons (Fsp3) is 0.588. The van der Waals surface area contributed by atoms with Crippen molar-refractivity contribution in [3.05, 3.63) is 23.6 Å². The quantitative estimate of drug-likeness (QED) is 0.734. The molecule has 7 nitrogen and oxygen atoms in total. The van der Waals surface area contributed by atoms with Crippen LogP contribution < -0.4 is 16.0 Å². The molecule has 0 aromatic carbocycles. The number of hydrogen-bond donors (Lipinski definition) is 3. The second-order valence-electron chi connectivity index (χ2n) is 7.00. The van der Waals surface area contributed by atoms with E-state index in [0.717, 1.165) is 43.6 Å². The van der Waals surface area contributed by atoms with Gasteiger partial charge in [-0.1, -0.05) is 18.5 Å². The van der Waals surface area contributed by atoms with Gasteiger partial charge in [0.25, 0.3) is 0 Å². The first kappa shape index (κ1) is 16.6. The van der Waals surface area contributed by atoms with E-state index in [1.165, 1.54) is 12.8 Å². The number of aryl methyl sites for hydroxylation is 1. The number of rotatable bonds is 6. The van der Waals surface area contributed by atoms with Gasteiger partial charge in [0.05, 0.1) is 18.1 Å². The van der Waals surface area contributed by atoms with Crippen molar-refractivity contribution in [1.29, 1.82) is 0 Å². The number of halogens is 1. The molecular formula is C17H24ClN7. The molecule has 1 aliphatic carbocycles. The highest BCUT2D eigenvalue weighted by Gasteiger charge is 2.37. The molecule has 0 amide bonds. The number of aromatic nitrogens is 4. The molecule has 2 fully saturated rings. The lowest BCUT2D eigenvalue weighted by atomic mass is 10.0. The largest absolute Gasteiger partial charge is 0.366 e. The van der Waals surface area contributed by atoms with Gasteiger partial charge >= 0.3 is 0 Å². The molecule has 1 aliphatic heterocycles. The van der Waals surface area contributed by atoms with Gasteiger partial charge in [0, 0.05) is 18.8 Å². The van der Waals surface area contributed by atoms with Crippen LogP contribution in [0, 0.1) is 11.8 Å². The zero-order chi connectivity index (χ0) is 17.2. The summed E-state index contributed by atoms with van der Waals surface area (Å²) >= 11 is 6.30. The topological polar surface area (TPSA) is 79.7 Å². The summed E-state index contributed by atoms with van der Waals surface area (Å²) in [5.41, 5.74) is 0.878. The molecule has 0 spiro atoms. The fourth-order valence-electron chi connectivity index (χ4n) is 3.91. The average molecular weight is 362 g/mol. The molecular weight excluding hydrogens is 338 g/mol. The molecule has 134 valence electrons. The maximum Gasteiger partial charge on any atom is 0.229 e. The second kappa shape index (κ2) is 7.17. The summed E-state index contributed by atoms with van der Waals surface area (Å²) in [6.07, 6.45) is 8.78. The number of nitrogens with zero attached hydrogens (tertiary/aromatic N) is 4. The van der Waals surface area contributed by atoms with Gasteiger partial charge in [-0.25, -0.2) is 4.98 Å². The second-order valence-corrected chi connectivity index (χ2v) is 7.41. The van der Waals surface area contributed by atoms with E-state index in [0.29, 0.717) is 22.8 Å². The van der Waals surface area contributed by atoms with Crippen LogP contribution in [0.25, 0.3) is 0 Å². The van der Waals surface area contributed by atoms with Crippen LogP contribution in [0.1, 0.15) is 26.2 Å². The molecule has 1 saturated heterocycles. The van der Waals surface area contributed by atoms with Crippen molar-refractivity contribution in [2.24, 2.45) is 11.8 Å². The minimum atomic E-state index is 0.435. The predicted molar refractivity (Wildman–Crippen MR) is 99.3 cm³/mol. The highest BCUT2D eigenvalue weighted by molar-refractivity contribution is 6.32. The van der Waals surface area contributed by atoms with Gasteiger partial charge in [0.1, 0.15) is 5.02 Å². The molecule has 3 N–H and O–H groups in total. The molecule has 8 heteroatoms. The van der Waals surface area contributed by atoms with E-state index in [2.05, 4.69) is 37.9 Å². The molecule has 2 aliphatic rings. The summed E-state index contributed by atoms with van der Waals surface area (Å²) < 4.78 is 1.91. The lowest BCUT2D eigenvalue weighted by Crippen LogP contribution is -2.21. The van der Waals surface area contributed by atoms with Crippen LogP contribution in [-0.4, -0.2) is 38.9 Å². The Hall–Kier alpha value is -1.86. The number of nitrogens with one attached hydrogen (secondary N) is 3. The standard InChI is InChI=1S/C17H24ClN7/c1-2-3-25-10-14(8-21-25)23-17-20-9-15(18)16(24-17)22-13-4-11-6-19-7-12(11)5-13/h8-13,19H,2-7H2,1H3,(H2,20,22,23,24). The monoisotopic (exact) mass is 361 g/mol.